The van der Waals surface area contributed by atoms with Crippen LogP contribution in [0, 0.1) is 0 Å². The van der Waals surface area contributed by atoms with Crippen LogP contribution in [-0.4, -0.2) is 108 Å². The Kier molecular flexibility index (Phi) is 29.7. The number of hydrogen-bond acceptors (Lipinski definition) is 3. The molecular formula is C51H96N9Y. The molecule has 0 radical (unpaired) electrons. The second-order valence-corrected chi connectivity index (χ2v) is 18.9. The van der Waals surface area contributed by atoms with Gasteiger partial charge in [-0.1, -0.05) is 157 Å². The molecule has 6 aliphatic carbocycles. The minimum atomic E-state index is 0. The summed E-state index contributed by atoms with van der Waals surface area (Å²) < 4.78 is 0. The molecule has 6 aliphatic rings. The third kappa shape index (κ3) is 21.2. The number of nitrogens with zero attached hydrogens (tertiary/aromatic N) is 9. The largest absolute Gasteiger partial charge is 3.00 e. The van der Waals surface area contributed by atoms with Gasteiger partial charge in [0.25, 0.3) is 0 Å². The van der Waals surface area contributed by atoms with Crippen molar-refractivity contribution in [1.82, 2.24) is 14.7 Å². The predicted molar refractivity (Wildman–Crippen MR) is 262 cm³/mol. The Morgan fingerprint density at radius 3 is 0.672 bits per heavy atom. The Morgan fingerprint density at radius 1 is 0.311 bits per heavy atom. The summed E-state index contributed by atoms with van der Waals surface area (Å²) in [6, 6.07) is 3.20. The van der Waals surface area contributed by atoms with Crippen LogP contribution in [0.15, 0.2) is 15.0 Å². The van der Waals surface area contributed by atoms with E-state index in [0.717, 1.165) is 57.1 Å². The zero-order chi connectivity index (χ0) is 42.6. The van der Waals surface area contributed by atoms with E-state index in [1.54, 1.807) is 0 Å². The first-order valence-electron chi connectivity index (χ1n) is 26.6. The third-order valence-electron chi connectivity index (χ3n) is 14.4. The van der Waals surface area contributed by atoms with Crippen molar-refractivity contribution in [3.05, 3.63) is 16.0 Å². The van der Waals surface area contributed by atoms with Crippen molar-refractivity contribution in [2.45, 2.75) is 270 Å². The first-order chi connectivity index (χ1) is 29.5. The van der Waals surface area contributed by atoms with Crippen LogP contribution in [0.5, 0.6) is 0 Å². The van der Waals surface area contributed by atoms with E-state index in [1.165, 1.54) is 193 Å². The fourth-order valence-electron chi connectivity index (χ4n) is 10.3. The van der Waals surface area contributed by atoms with E-state index in [0.29, 0.717) is 36.3 Å². The smallest absolute Gasteiger partial charge is 0.427 e. The second-order valence-electron chi connectivity index (χ2n) is 18.9. The van der Waals surface area contributed by atoms with Crippen LogP contribution >= 0.6 is 0 Å². The molecule has 0 heterocycles. The van der Waals surface area contributed by atoms with Crippen molar-refractivity contribution >= 4 is 17.9 Å². The van der Waals surface area contributed by atoms with Gasteiger partial charge >= 0.3 is 32.7 Å². The average molecular weight is 924 g/mol. The molecule has 6 saturated carbocycles. The normalized spacial score (nSPS) is 22.4. The van der Waals surface area contributed by atoms with E-state index >= 15 is 0 Å². The van der Waals surface area contributed by atoms with Crippen molar-refractivity contribution in [2.75, 3.05) is 39.3 Å². The van der Waals surface area contributed by atoms with Crippen molar-refractivity contribution in [2.24, 2.45) is 15.0 Å². The maximum Gasteiger partial charge on any atom is 3.00 e. The van der Waals surface area contributed by atoms with Crippen LogP contribution in [0.25, 0.3) is 16.0 Å². The van der Waals surface area contributed by atoms with Gasteiger partial charge in [-0.05, 0) is 153 Å². The van der Waals surface area contributed by atoms with E-state index in [1.807, 2.05) is 0 Å². The zero-order valence-corrected chi connectivity index (χ0v) is 43.9. The van der Waals surface area contributed by atoms with Gasteiger partial charge in [0, 0.05) is 17.9 Å². The maximum atomic E-state index is 5.05. The molecule has 0 saturated heterocycles. The summed E-state index contributed by atoms with van der Waals surface area (Å²) in [6.07, 6.45) is 39.8. The first kappa shape index (κ1) is 54.2. The van der Waals surface area contributed by atoms with Crippen LogP contribution in [0.4, 0.5) is 0 Å². The van der Waals surface area contributed by atoms with Crippen LogP contribution in [0.1, 0.15) is 234 Å². The van der Waals surface area contributed by atoms with Gasteiger partial charge in [0.2, 0.25) is 0 Å². The Labute approximate surface area is 403 Å². The summed E-state index contributed by atoms with van der Waals surface area (Å²) in [4.78, 5) is 22.2. The Bertz CT molecular complexity index is 1000. The topological polar surface area (TPSA) is 89.1 Å². The molecular weight excluding hydrogens is 828 g/mol. The number of rotatable bonds is 12. The fourth-order valence-corrected chi connectivity index (χ4v) is 10.3. The predicted octanol–water partition coefficient (Wildman–Crippen LogP) is 14.2. The molecule has 0 spiro atoms. The molecule has 6 fully saturated rings. The molecule has 10 heteroatoms. The molecule has 0 unspecified atom stereocenters. The van der Waals surface area contributed by atoms with E-state index in [-0.39, 0.29) is 32.7 Å². The zero-order valence-electron chi connectivity index (χ0n) is 41.0. The van der Waals surface area contributed by atoms with Gasteiger partial charge in [-0.2, -0.15) is 0 Å². The molecule has 0 aliphatic heterocycles. The molecule has 9 nitrogen and oxygen atoms in total. The first-order valence-corrected chi connectivity index (χ1v) is 26.6. The summed E-state index contributed by atoms with van der Waals surface area (Å²) in [7, 11) is 0. The maximum absolute atomic E-state index is 5.05. The quantitative estimate of drug-likeness (QED) is 0.144. The van der Waals surface area contributed by atoms with Crippen LogP contribution in [0.3, 0.4) is 0 Å². The van der Waals surface area contributed by atoms with Crippen LogP contribution in [0.2, 0.25) is 0 Å². The van der Waals surface area contributed by atoms with Gasteiger partial charge in [0.05, 0.1) is 0 Å². The van der Waals surface area contributed by atoms with Gasteiger partial charge in [-0.25, -0.2) is 0 Å². The minimum absolute atomic E-state index is 0. The third-order valence-corrected chi connectivity index (χ3v) is 14.4. The van der Waals surface area contributed by atoms with Crippen molar-refractivity contribution in [1.29, 1.82) is 0 Å². The van der Waals surface area contributed by atoms with E-state index in [2.05, 4.69) is 56.2 Å². The monoisotopic (exact) mass is 924 g/mol. The number of aliphatic imine (C=N–C) groups is 3. The van der Waals surface area contributed by atoms with Crippen molar-refractivity contribution in [3.63, 3.8) is 0 Å². The van der Waals surface area contributed by atoms with Gasteiger partial charge < -0.3 is 45.6 Å². The summed E-state index contributed by atoms with van der Waals surface area (Å²) in [5.41, 5.74) is 0. The molecule has 0 aromatic heterocycles. The van der Waals surface area contributed by atoms with Crippen molar-refractivity contribution < 1.29 is 32.7 Å². The summed E-state index contributed by atoms with van der Waals surface area (Å²) in [6.45, 7) is 19.5. The summed E-state index contributed by atoms with van der Waals surface area (Å²) >= 11 is 0. The molecule has 0 aromatic carbocycles. The average Bonchev–Trinajstić information content (AvgIpc) is 3.30. The molecule has 61 heavy (non-hydrogen) atoms. The summed E-state index contributed by atoms with van der Waals surface area (Å²) in [5.74, 6) is 3.19. The Balaban J connectivity index is 0.000000242. The second kappa shape index (κ2) is 33.4. The fraction of sp³-hybridized carbons (Fsp3) is 0.941. The Hall–Kier alpha value is -1.09. The van der Waals surface area contributed by atoms with Crippen molar-refractivity contribution in [3.8, 4) is 0 Å². The van der Waals surface area contributed by atoms with Gasteiger partial charge in [0.15, 0.2) is 0 Å². The molecule has 348 valence electrons. The molecule has 0 amide bonds. The van der Waals surface area contributed by atoms with Gasteiger partial charge in [-0.3, -0.25) is 0 Å². The van der Waals surface area contributed by atoms with E-state index in [9.17, 15) is 0 Å². The standard InChI is InChI=1S/3C17H32N3.Y/c3*1-3-20(4-2)17(18-15-11-7-5-8-12-15)19-16-13-9-6-10-14-16;/h3*15-16H,3-14H2,1-2H3;/q3*-1;+3. The van der Waals surface area contributed by atoms with Gasteiger partial charge in [0.1, 0.15) is 0 Å². The molecule has 0 aromatic rings. The molecule has 0 atom stereocenters. The molecule has 0 bridgehead atoms. The minimum Gasteiger partial charge on any atom is -0.427 e. The van der Waals surface area contributed by atoms with Gasteiger partial charge in [-0.15, -0.1) is 0 Å². The van der Waals surface area contributed by atoms with Crippen LogP contribution in [-0.2, 0) is 32.7 Å². The number of hydrogen-bond donors (Lipinski definition) is 0. The SMILES string of the molecule is CCN(CC)C(=NC1CCCCC1)[N-]C1CCCCC1.CCN(CC)C(=NC1CCCCC1)[N-]C1CCCCC1.CCN(CC)C(=NC1CCCCC1)[N-]C1CCCCC1.[Y+3]. The number of guanidine groups is 3. The van der Waals surface area contributed by atoms with E-state index in [4.69, 9.17) is 30.9 Å². The molecule has 0 N–H and O–H groups in total. The summed E-state index contributed by atoms with van der Waals surface area (Å²) in [5, 5.41) is 15.1. The van der Waals surface area contributed by atoms with Crippen LogP contribution < -0.4 is 0 Å². The van der Waals surface area contributed by atoms with E-state index < -0.39 is 0 Å². The Morgan fingerprint density at radius 2 is 0.492 bits per heavy atom. The molecule has 6 rings (SSSR count).